The number of benzene rings is 1. The number of carbonyl (C=O) groups is 1. The summed E-state index contributed by atoms with van der Waals surface area (Å²) >= 11 is 0. The molecule has 7 heteroatoms. The molecule has 1 aliphatic heterocycles. The lowest BCUT2D eigenvalue weighted by atomic mass is 9.95. The molecule has 1 fully saturated rings. The standard InChI is InChI=1S/C19H27N5O2/c1-14(2)24-13-21-22-18(24)12-20-19(25)23-10-5-4-9-17(23)15-7-6-8-16(11-15)26-3/h6-8,11,13-14,17H,4-5,9-10,12H2,1-3H3,(H,20,25). The van der Waals surface area contributed by atoms with E-state index in [0.717, 1.165) is 42.9 Å². The van der Waals surface area contributed by atoms with Gasteiger partial charge in [0.05, 0.1) is 19.7 Å². The molecule has 1 aromatic heterocycles. The van der Waals surface area contributed by atoms with E-state index in [1.165, 1.54) is 0 Å². The maximum absolute atomic E-state index is 12.8. The van der Waals surface area contributed by atoms with Crippen LogP contribution >= 0.6 is 0 Å². The van der Waals surface area contributed by atoms with Gasteiger partial charge < -0.3 is 19.5 Å². The minimum Gasteiger partial charge on any atom is -0.497 e. The van der Waals surface area contributed by atoms with Crippen molar-refractivity contribution in [2.75, 3.05) is 13.7 Å². The molecule has 1 aromatic carbocycles. The molecule has 1 aliphatic rings. The zero-order chi connectivity index (χ0) is 18.5. The minimum absolute atomic E-state index is 0.0594. The average molecular weight is 357 g/mol. The summed E-state index contributed by atoms with van der Waals surface area (Å²) in [6, 6.07) is 8.26. The number of urea groups is 1. The third-order valence-electron chi connectivity index (χ3n) is 4.84. The number of carbonyl (C=O) groups excluding carboxylic acids is 1. The van der Waals surface area contributed by atoms with Gasteiger partial charge in [0, 0.05) is 12.6 Å². The largest absolute Gasteiger partial charge is 0.497 e. The molecule has 140 valence electrons. The third kappa shape index (κ3) is 3.98. The van der Waals surface area contributed by atoms with Crippen LogP contribution in [0.3, 0.4) is 0 Å². The molecule has 1 saturated heterocycles. The highest BCUT2D eigenvalue weighted by molar-refractivity contribution is 5.74. The molecule has 0 bridgehead atoms. The Hall–Kier alpha value is -2.57. The van der Waals surface area contributed by atoms with Crippen molar-refractivity contribution in [2.45, 2.75) is 51.7 Å². The monoisotopic (exact) mass is 357 g/mol. The van der Waals surface area contributed by atoms with Crippen molar-refractivity contribution in [1.29, 1.82) is 0 Å². The molecule has 0 radical (unpaired) electrons. The van der Waals surface area contributed by atoms with Crippen molar-refractivity contribution in [1.82, 2.24) is 25.0 Å². The summed E-state index contributed by atoms with van der Waals surface area (Å²) in [4.78, 5) is 14.8. The number of hydrogen-bond acceptors (Lipinski definition) is 4. The van der Waals surface area contributed by atoms with E-state index >= 15 is 0 Å². The maximum atomic E-state index is 12.8. The fraction of sp³-hybridized carbons (Fsp3) is 0.526. The molecular weight excluding hydrogens is 330 g/mol. The maximum Gasteiger partial charge on any atom is 0.318 e. The van der Waals surface area contributed by atoms with Gasteiger partial charge in [-0.05, 0) is 50.8 Å². The predicted molar refractivity (Wildman–Crippen MR) is 98.9 cm³/mol. The molecule has 3 rings (SSSR count). The van der Waals surface area contributed by atoms with Crippen LogP contribution in [-0.4, -0.2) is 39.4 Å². The van der Waals surface area contributed by atoms with Crippen LogP contribution in [0.2, 0.25) is 0 Å². The number of rotatable bonds is 5. The third-order valence-corrected chi connectivity index (χ3v) is 4.84. The average Bonchev–Trinajstić information content (AvgIpc) is 3.15. The Morgan fingerprint density at radius 3 is 3.00 bits per heavy atom. The van der Waals surface area contributed by atoms with E-state index in [0.29, 0.717) is 6.54 Å². The van der Waals surface area contributed by atoms with E-state index < -0.39 is 0 Å². The van der Waals surface area contributed by atoms with Crippen LogP contribution in [0.5, 0.6) is 5.75 Å². The number of likely N-dealkylation sites (tertiary alicyclic amines) is 1. The van der Waals surface area contributed by atoms with Gasteiger partial charge in [-0.15, -0.1) is 10.2 Å². The van der Waals surface area contributed by atoms with Gasteiger partial charge >= 0.3 is 6.03 Å². The van der Waals surface area contributed by atoms with Crippen molar-refractivity contribution >= 4 is 6.03 Å². The number of nitrogens with one attached hydrogen (secondary N) is 1. The molecular formula is C19H27N5O2. The van der Waals surface area contributed by atoms with Crippen LogP contribution in [0.15, 0.2) is 30.6 Å². The molecule has 2 heterocycles. The van der Waals surface area contributed by atoms with E-state index in [1.807, 2.05) is 27.7 Å². The summed E-state index contributed by atoms with van der Waals surface area (Å²) < 4.78 is 7.30. The number of ether oxygens (including phenoxy) is 1. The molecule has 26 heavy (non-hydrogen) atoms. The zero-order valence-corrected chi connectivity index (χ0v) is 15.7. The minimum atomic E-state index is -0.0594. The quantitative estimate of drug-likeness (QED) is 0.891. The van der Waals surface area contributed by atoms with Crippen LogP contribution < -0.4 is 10.1 Å². The fourth-order valence-corrected chi connectivity index (χ4v) is 3.45. The van der Waals surface area contributed by atoms with Gasteiger partial charge in [0.25, 0.3) is 0 Å². The van der Waals surface area contributed by atoms with Gasteiger partial charge in [0.2, 0.25) is 0 Å². The second-order valence-electron chi connectivity index (χ2n) is 6.89. The lowest BCUT2D eigenvalue weighted by Gasteiger charge is -2.36. The molecule has 0 aliphatic carbocycles. The van der Waals surface area contributed by atoms with Crippen LogP contribution in [0.1, 0.15) is 56.6 Å². The SMILES string of the molecule is COc1cccc(C2CCCCN2C(=O)NCc2nncn2C(C)C)c1. The van der Waals surface area contributed by atoms with Crippen molar-refractivity contribution in [3.8, 4) is 5.75 Å². The summed E-state index contributed by atoms with van der Waals surface area (Å²) in [5.74, 6) is 1.58. The Morgan fingerprint density at radius 1 is 1.38 bits per heavy atom. The van der Waals surface area contributed by atoms with E-state index in [2.05, 4.69) is 35.4 Å². The van der Waals surface area contributed by atoms with Crippen LogP contribution in [0.25, 0.3) is 0 Å². The molecule has 1 N–H and O–H groups in total. The van der Waals surface area contributed by atoms with E-state index in [1.54, 1.807) is 13.4 Å². The Morgan fingerprint density at radius 2 is 2.23 bits per heavy atom. The van der Waals surface area contributed by atoms with Gasteiger partial charge in [0.15, 0.2) is 5.82 Å². The predicted octanol–water partition coefficient (Wildman–Crippen LogP) is 3.30. The highest BCUT2D eigenvalue weighted by Crippen LogP contribution is 2.32. The van der Waals surface area contributed by atoms with Gasteiger partial charge in [0.1, 0.15) is 12.1 Å². The number of methoxy groups -OCH3 is 1. The first-order chi connectivity index (χ1) is 12.6. The number of aromatic nitrogens is 3. The first kappa shape index (κ1) is 18.2. The van der Waals surface area contributed by atoms with Crippen LogP contribution in [0, 0.1) is 0 Å². The summed E-state index contributed by atoms with van der Waals surface area (Å²) in [7, 11) is 1.66. The normalized spacial score (nSPS) is 17.4. The highest BCUT2D eigenvalue weighted by atomic mass is 16.5. The molecule has 2 aromatic rings. The van der Waals surface area contributed by atoms with Gasteiger partial charge in [-0.1, -0.05) is 12.1 Å². The lowest BCUT2D eigenvalue weighted by Crippen LogP contribution is -2.44. The fourth-order valence-electron chi connectivity index (χ4n) is 3.45. The van der Waals surface area contributed by atoms with E-state index in [4.69, 9.17) is 4.74 Å². The molecule has 0 saturated carbocycles. The van der Waals surface area contributed by atoms with Crippen molar-refractivity contribution < 1.29 is 9.53 Å². The number of piperidine rings is 1. The van der Waals surface area contributed by atoms with Crippen molar-refractivity contribution in [3.63, 3.8) is 0 Å². The van der Waals surface area contributed by atoms with Gasteiger partial charge in [-0.3, -0.25) is 0 Å². The Bertz CT molecular complexity index is 743. The summed E-state index contributed by atoms with van der Waals surface area (Å²) in [6.45, 7) is 5.26. The number of hydrogen-bond donors (Lipinski definition) is 1. The summed E-state index contributed by atoms with van der Waals surface area (Å²) in [5.41, 5.74) is 1.12. The smallest absolute Gasteiger partial charge is 0.318 e. The summed E-state index contributed by atoms with van der Waals surface area (Å²) in [6.07, 6.45) is 4.80. The second kappa shape index (κ2) is 8.21. The van der Waals surface area contributed by atoms with E-state index in [9.17, 15) is 4.79 Å². The van der Waals surface area contributed by atoms with Gasteiger partial charge in [-0.2, -0.15) is 0 Å². The molecule has 7 nitrogen and oxygen atoms in total. The molecule has 1 atom stereocenters. The second-order valence-corrected chi connectivity index (χ2v) is 6.89. The van der Waals surface area contributed by atoms with Crippen molar-refractivity contribution in [3.05, 3.63) is 42.0 Å². The topological polar surface area (TPSA) is 72.3 Å². The van der Waals surface area contributed by atoms with Crippen LogP contribution in [0.4, 0.5) is 4.79 Å². The Labute approximate surface area is 154 Å². The Balaban J connectivity index is 1.70. The first-order valence-electron chi connectivity index (χ1n) is 9.17. The van der Waals surface area contributed by atoms with Gasteiger partial charge in [-0.25, -0.2) is 4.79 Å². The highest BCUT2D eigenvalue weighted by Gasteiger charge is 2.28. The zero-order valence-electron chi connectivity index (χ0n) is 15.7. The summed E-state index contributed by atoms with van der Waals surface area (Å²) in [5, 5.41) is 11.1. The molecule has 0 spiro atoms. The van der Waals surface area contributed by atoms with E-state index in [-0.39, 0.29) is 18.1 Å². The Kier molecular flexibility index (Phi) is 5.75. The molecule has 2 amide bonds. The lowest BCUT2D eigenvalue weighted by molar-refractivity contribution is 0.150. The first-order valence-corrected chi connectivity index (χ1v) is 9.17. The number of amides is 2. The molecule has 1 unspecified atom stereocenters. The van der Waals surface area contributed by atoms with Crippen molar-refractivity contribution in [2.24, 2.45) is 0 Å². The number of nitrogens with zero attached hydrogens (tertiary/aromatic N) is 4. The van der Waals surface area contributed by atoms with Crippen LogP contribution in [-0.2, 0) is 6.54 Å².